The van der Waals surface area contributed by atoms with Gasteiger partial charge in [-0.15, -0.1) is 0 Å². The molecule has 3 rings (SSSR count). The van der Waals surface area contributed by atoms with Crippen LogP contribution < -0.4 is 20.2 Å². The maximum atomic E-state index is 11.9. The number of carbonyl (C=O) groups is 1. The van der Waals surface area contributed by atoms with Crippen molar-refractivity contribution in [3.05, 3.63) is 53.6 Å². The predicted octanol–water partition coefficient (Wildman–Crippen LogP) is 2.72. The highest BCUT2D eigenvalue weighted by atomic mass is 16.6. The molecule has 1 aliphatic heterocycles. The molecule has 0 aromatic heterocycles. The molecule has 6 nitrogen and oxygen atoms in total. The van der Waals surface area contributed by atoms with Gasteiger partial charge in [-0.2, -0.15) is 5.10 Å². The molecule has 0 spiro atoms. The topological polar surface area (TPSA) is 72.0 Å². The molecule has 1 amide bonds. The van der Waals surface area contributed by atoms with Crippen LogP contribution in [0.3, 0.4) is 0 Å². The van der Waals surface area contributed by atoms with Crippen molar-refractivity contribution in [2.75, 3.05) is 25.1 Å². The minimum absolute atomic E-state index is 0.154. The van der Waals surface area contributed by atoms with E-state index in [1.807, 2.05) is 56.3 Å². The molecule has 25 heavy (non-hydrogen) atoms. The van der Waals surface area contributed by atoms with Crippen LogP contribution in [0.2, 0.25) is 0 Å². The van der Waals surface area contributed by atoms with Gasteiger partial charge < -0.3 is 14.8 Å². The lowest BCUT2D eigenvalue weighted by molar-refractivity contribution is -0.119. The third kappa shape index (κ3) is 4.50. The number of nitrogens with one attached hydrogen (secondary N) is 2. The first-order chi connectivity index (χ1) is 12.1. The van der Waals surface area contributed by atoms with E-state index in [1.165, 1.54) is 5.56 Å². The van der Waals surface area contributed by atoms with E-state index in [1.54, 1.807) is 0 Å². The standard InChI is InChI=1S/C19H21N3O3/c1-13-3-6-16(7-4-13)20-12-19(23)22-21-14(2)15-5-8-17-18(11-15)25-10-9-24-17/h3-8,11,20H,9-10,12H2,1-2H3,(H,22,23)/b21-14-. The van der Waals surface area contributed by atoms with Crippen molar-refractivity contribution in [2.24, 2.45) is 5.10 Å². The molecule has 1 heterocycles. The number of benzene rings is 2. The van der Waals surface area contributed by atoms with Gasteiger partial charge in [-0.1, -0.05) is 17.7 Å². The first-order valence-electron chi connectivity index (χ1n) is 8.15. The van der Waals surface area contributed by atoms with E-state index in [0.29, 0.717) is 24.7 Å². The summed E-state index contributed by atoms with van der Waals surface area (Å²) < 4.78 is 11.1. The fraction of sp³-hybridized carbons (Fsp3) is 0.263. The molecule has 0 bridgehead atoms. The number of hydrogen-bond donors (Lipinski definition) is 2. The minimum atomic E-state index is -0.211. The van der Waals surface area contributed by atoms with E-state index < -0.39 is 0 Å². The summed E-state index contributed by atoms with van der Waals surface area (Å²) in [5, 5.41) is 7.21. The number of hydrazone groups is 1. The van der Waals surface area contributed by atoms with Gasteiger partial charge in [-0.25, -0.2) is 5.43 Å². The molecule has 0 aliphatic carbocycles. The van der Waals surface area contributed by atoms with Gasteiger partial charge in [0.2, 0.25) is 0 Å². The van der Waals surface area contributed by atoms with Crippen LogP contribution in [0, 0.1) is 6.92 Å². The highest BCUT2D eigenvalue weighted by molar-refractivity contribution is 6.00. The molecule has 2 N–H and O–H groups in total. The smallest absolute Gasteiger partial charge is 0.259 e. The summed E-state index contributed by atoms with van der Waals surface area (Å²) >= 11 is 0. The Hall–Kier alpha value is -3.02. The van der Waals surface area contributed by atoms with Crippen LogP contribution in [-0.4, -0.2) is 31.4 Å². The van der Waals surface area contributed by atoms with Crippen LogP contribution in [0.5, 0.6) is 11.5 Å². The second-order valence-electron chi connectivity index (χ2n) is 5.81. The third-order valence-electron chi connectivity index (χ3n) is 3.81. The molecule has 1 aliphatic rings. The van der Waals surface area contributed by atoms with E-state index in [-0.39, 0.29) is 12.5 Å². The zero-order valence-corrected chi connectivity index (χ0v) is 14.3. The Labute approximate surface area is 146 Å². The molecule has 0 saturated heterocycles. The average Bonchev–Trinajstić information content (AvgIpc) is 2.65. The summed E-state index contributed by atoms with van der Waals surface area (Å²) in [6.45, 7) is 5.10. The van der Waals surface area contributed by atoms with Crippen LogP contribution in [0.25, 0.3) is 0 Å². The van der Waals surface area contributed by atoms with Crippen molar-refractivity contribution < 1.29 is 14.3 Å². The molecule has 130 valence electrons. The van der Waals surface area contributed by atoms with Crippen LogP contribution in [-0.2, 0) is 4.79 Å². The van der Waals surface area contributed by atoms with Gasteiger partial charge in [-0.3, -0.25) is 4.79 Å². The highest BCUT2D eigenvalue weighted by Crippen LogP contribution is 2.30. The number of amides is 1. The van der Waals surface area contributed by atoms with E-state index in [2.05, 4.69) is 15.8 Å². The molecule has 0 fully saturated rings. The number of ether oxygens (including phenoxy) is 2. The van der Waals surface area contributed by atoms with Crippen LogP contribution in [0.1, 0.15) is 18.1 Å². The maximum Gasteiger partial charge on any atom is 0.259 e. The molecule has 6 heteroatoms. The predicted molar refractivity (Wildman–Crippen MR) is 97.5 cm³/mol. The second kappa shape index (κ2) is 7.70. The molecular weight excluding hydrogens is 318 g/mol. The zero-order chi connectivity index (χ0) is 17.6. The Balaban J connectivity index is 1.55. The number of aryl methyl sites for hydroxylation is 1. The monoisotopic (exact) mass is 339 g/mol. The second-order valence-corrected chi connectivity index (χ2v) is 5.81. The Kier molecular flexibility index (Phi) is 5.18. The Morgan fingerprint density at radius 2 is 1.80 bits per heavy atom. The maximum absolute atomic E-state index is 11.9. The van der Waals surface area contributed by atoms with Crippen molar-refractivity contribution in [3.63, 3.8) is 0 Å². The van der Waals surface area contributed by atoms with Crippen LogP contribution in [0.4, 0.5) is 5.69 Å². The molecule has 2 aromatic carbocycles. The number of carbonyl (C=O) groups excluding carboxylic acids is 1. The quantitative estimate of drug-likeness (QED) is 0.649. The summed E-state index contributed by atoms with van der Waals surface area (Å²) in [6, 6.07) is 13.5. The molecule has 0 saturated carbocycles. The van der Waals surface area contributed by atoms with Gasteiger partial charge >= 0.3 is 0 Å². The molecule has 0 radical (unpaired) electrons. The first-order valence-corrected chi connectivity index (χ1v) is 8.15. The first kappa shape index (κ1) is 16.8. The fourth-order valence-electron chi connectivity index (χ4n) is 2.37. The van der Waals surface area contributed by atoms with E-state index >= 15 is 0 Å². The normalized spacial score (nSPS) is 13.3. The zero-order valence-electron chi connectivity index (χ0n) is 14.3. The lowest BCUT2D eigenvalue weighted by Gasteiger charge is -2.18. The number of nitrogens with zero attached hydrogens (tertiary/aromatic N) is 1. The van der Waals surface area contributed by atoms with Crippen molar-refractivity contribution >= 4 is 17.3 Å². The Bertz CT molecular complexity index is 785. The fourth-order valence-corrected chi connectivity index (χ4v) is 2.37. The SMILES string of the molecule is C/C(=N/NC(=O)CNc1ccc(C)cc1)c1ccc2c(c1)OCCO2. The van der Waals surface area contributed by atoms with Gasteiger partial charge in [0.05, 0.1) is 12.3 Å². The third-order valence-corrected chi connectivity index (χ3v) is 3.81. The van der Waals surface area contributed by atoms with Crippen LogP contribution in [0.15, 0.2) is 47.6 Å². The lowest BCUT2D eigenvalue weighted by Crippen LogP contribution is -2.26. The van der Waals surface area contributed by atoms with Gasteiger partial charge in [-0.05, 0) is 44.2 Å². The number of fused-ring (bicyclic) bond motifs is 1. The average molecular weight is 339 g/mol. The largest absolute Gasteiger partial charge is 0.486 e. The molecule has 0 atom stereocenters. The van der Waals surface area contributed by atoms with Gasteiger partial charge in [0.15, 0.2) is 11.5 Å². The molecule has 0 unspecified atom stereocenters. The summed E-state index contributed by atoms with van der Waals surface area (Å²) in [5.41, 5.74) is 6.20. The Morgan fingerprint density at radius 3 is 2.56 bits per heavy atom. The minimum Gasteiger partial charge on any atom is -0.486 e. The summed E-state index contributed by atoms with van der Waals surface area (Å²) in [7, 11) is 0. The highest BCUT2D eigenvalue weighted by Gasteiger charge is 2.12. The van der Waals surface area contributed by atoms with Gasteiger partial charge in [0, 0.05) is 11.3 Å². The molecule has 2 aromatic rings. The van der Waals surface area contributed by atoms with Crippen molar-refractivity contribution in [2.45, 2.75) is 13.8 Å². The summed E-state index contributed by atoms with van der Waals surface area (Å²) in [5.74, 6) is 1.22. The van der Waals surface area contributed by atoms with Crippen molar-refractivity contribution in [1.29, 1.82) is 0 Å². The van der Waals surface area contributed by atoms with E-state index in [4.69, 9.17) is 9.47 Å². The van der Waals surface area contributed by atoms with E-state index in [9.17, 15) is 4.79 Å². The summed E-state index contributed by atoms with van der Waals surface area (Å²) in [4.78, 5) is 11.9. The van der Waals surface area contributed by atoms with Gasteiger partial charge in [0.1, 0.15) is 13.2 Å². The number of anilines is 1. The van der Waals surface area contributed by atoms with Crippen molar-refractivity contribution in [3.8, 4) is 11.5 Å². The number of hydrogen-bond acceptors (Lipinski definition) is 5. The van der Waals surface area contributed by atoms with Crippen molar-refractivity contribution in [1.82, 2.24) is 5.43 Å². The van der Waals surface area contributed by atoms with Crippen LogP contribution >= 0.6 is 0 Å². The number of rotatable bonds is 5. The van der Waals surface area contributed by atoms with E-state index in [0.717, 1.165) is 17.0 Å². The van der Waals surface area contributed by atoms with Gasteiger partial charge in [0.25, 0.3) is 5.91 Å². The lowest BCUT2D eigenvalue weighted by atomic mass is 10.1. The Morgan fingerprint density at radius 1 is 1.08 bits per heavy atom. The summed E-state index contributed by atoms with van der Waals surface area (Å²) in [6.07, 6.45) is 0. The molecular formula is C19H21N3O3.